The molecule has 2 aromatic rings. The van der Waals surface area contributed by atoms with Gasteiger partial charge in [0.25, 0.3) is 0 Å². The van der Waals surface area contributed by atoms with Crippen molar-refractivity contribution < 1.29 is 4.74 Å². The molecule has 0 bridgehead atoms. The Morgan fingerprint density at radius 1 is 1.33 bits per heavy atom. The van der Waals surface area contributed by atoms with Gasteiger partial charge >= 0.3 is 0 Å². The quantitative estimate of drug-likeness (QED) is 0.774. The van der Waals surface area contributed by atoms with E-state index in [1.807, 2.05) is 12.1 Å². The number of nitrogens with one attached hydrogen (secondary N) is 1. The summed E-state index contributed by atoms with van der Waals surface area (Å²) < 4.78 is 6.35. The summed E-state index contributed by atoms with van der Waals surface area (Å²) >= 11 is 7.90. The zero-order valence-electron chi connectivity index (χ0n) is 12.8. The third kappa shape index (κ3) is 4.22. The molecule has 0 aliphatic heterocycles. The zero-order chi connectivity index (χ0) is 15.2. The van der Waals surface area contributed by atoms with Crippen molar-refractivity contribution in [3.63, 3.8) is 0 Å². The second kappa shape index (κ2) is 7.83. The molecule has 0 saturated carbocycles. The number of rotatable bonds is 7. The fourth-order valence-corrected chi connectivity index (χ4v) is 3.63. The van der Waals surface area contributed by atoms with Gasteiger partial charge in [-0.2, -0.15) is 0 Å². The average molecular weight is 324 g/mol. The van der Waals surface area contributed by atoms with Gasteiger partial charge in [-0.15, -0.1) is 11.3 Å². The van der Waals surface area contributed by atoms with Gasteiger partial charge in [0.15, 0.2) is 0 Å². The number of benzene rings is 1. The van der Waals surface area contributed by atoms with Crippen molar-refractivity contribution in [2.75, 3.05) is 13.7 Å². The summed E-state index contributed by atoms with van der Waals surface area (Å²) in [7, 11) is 1.72. The number of halogens is 1. The molecular weight excluding hydrogens is 302 g/mol. The topological polar surface area (TPSA) is 21.3 Å². The molecule has 1 heterocycles. The van der Waals surface area contributed by atoms with Crippen LogP contribution < -0.4 is 10.1 Å². The van der Waals surface area contributed by atoms with E-state index in [9.17, 15) is 0 Å². The minimum Gasteiger partial charge on any atom is -0.496 e. The van der Waals surface area contributed by atoms with Crippen LogP contribution in [0.15, 0.2) is 30.3 Å². The summed E-state index contributed by atoms with van der Waals surface area (Å²) in [4.78, 5) is 1.29. The molecule has 0 amide bonds. The second-order valence-corrected chi connectivity index (χ2v) is 6.81. The third-order valence-corrected chi connectivity index (χ3v) is 5.15. The fourth-order valence-electron chi connectivity index (χ4n) is 2.34. The minimum atomic E-state index is 0.275. The van der Waals surface area contributed by atoms with Crippen LogP contribution in [0.1, 0.15) is 35.4 Å². The minimum absolute atomic E-state index is 0.275. The lowest BCUT2D eigenvalue weighted by Gasteiger charge is -2.18. The molecule has 2 nitrogen and oxygen atoms in total. The standard InChI is InChI=1S/C17H22ClNOS/c1-4-9-19-14(16-10-12(2)17(18)21-16)11-13-7-5-6-8-15(13)20-3/h5-8,10,14,19H,4,9,11H2,1-3H3. The molecule has 21 heavy (non-hydrogen) atoms. The number of methoxy groups -OCH3 is 1. The SMILES string of the molecule is CCCNC(Cc1ccccc1OC)c1cc(C)c(Cl)s1. The van der Waals surface area contributed by atoms with E-state index in [1.165, 1.54) is 10.4 Å². The summed E-state index contributed by atoms with van der Waals surface area (Å²) in [6.45, 7) is 5.23. The molecule has 0 radical (unpaired) electrons. The Labute approximate surface area is 136 Å². The predicted octanol–water partition coefficient (Wildman–Crippen LogP) is 5.00. The van der Waals surface area contributed by atoms with Crippen molar-refractivity contribution in [3.8, 4) is 5.75 Å². The first-order valence-electron chi connectivity index (χ1n) is 7.26. The molecule has 4 heteroatoms. The van der Waals surface area contributed by atoms with Gasteiger partial charge in [0.2, 0.25) is 0 Å². The number of ether oxygens (including phenoxy) is 1. The van der Waals surface area contributed by atoms with Crippen LogP contribution in [0, 0.1) is 6.92 Å². The first-order valence-corrected chi connectivity index (χ1v) is 8.46. The Morgan fingerprint density at radius 2 is 2.10 bits per heavy atom. The Kier molecular flexibility index (Phi) is 6.09. The summed E-state index contributed by atoms with van der Waals surface area (Å²) in [5, 5.41) is 3.62. The average Bonchev–Trinajstić information content (AvgIpc) is 2.83. The van der Waals surface area contributed by atoms with Crippen LogP contribution in [-0.4, -0.2) is 13.7 Å². The summed E-state index contributed by atoms with van der Waals surface area (Å²) in [5.41, 5.74) is 2.37. The van der Waals surface area contributed by atoms with Crippen LogP contribution in [0.5, 0.6) is 5.75 Å². The molecular formula is C17H22ClNOS. The number of hydrogen-bond donors (Lipinski definition) is 1. The molecule has 1 atom stereocenters. The van der Waals surface area contributed by atoms with E-state index in [1.54, 1.807) is 18.4 Å². The maximum atomic E-state index is 6.24. The summed E-state index contributed by atoms with van der Waals surface area (Å²) in [6, 6.07) is 10.7. The smallest absolute Gasteiger partial charge is 0.122 e. The molecule has 2 rings (SSSR count). The molecule has 1 unspecified atom stereocenters. The van der Waals surface area contributed by atoms with Gasteiger partial charge < -0.3 is 10.1 Å². The molecule has 1 N–H and O–H groups in total. The monoisotopic (exact) mass is 323 g/mol. The van der Waals surface area contributed by atoms with Crippen molar-refractivity contribution in [2.24, 2.45) is 0 Å². The van der Waals surface area contributed by atoms with Crippen LogP contribution in [0.4, 0.5) is 0 Å². The highest BCUT2D eigenvalue weighted by Gasteiger charge is 2.17. The number of aryl methyl sites for hydroxylation is 1. The lowest BCUT2D eigenvalue weighted by molar-refractivity contribution is 0.405. The van der Waals surface area contributed by atoms with Crippen LogP contribution in [0.25, 0.3) is 0 Å². The summed E-state index contributed by atoms with van der Waals surface area (Å²) in [6.07, 6.45) is 2.01. The Balaban J connectivity index is 2.23. The Bertz CT molecular complexity index is 562. The number of hydrogen-bond acceptors (Lipinski definition) is 3. The van der Waals surface area contributed by atoms with Gasteiger partial charge in [0.1, 0.15) is 5.75 Å². The molecule has 0 spiro atoms. The van der Waals surface area contributed by atoms with Gasteiger partial charge in [-0.1, -0.05) is 36.7 Å². The highest BCUT2D eigenvalue weighted by molar-refractivity contribution is 7.16. The molecule has 1 aromatic carbocycles. The van der Waals surface area contributed by atoms with Gasteiger partial charge in [-0.3, -0.25) is 0 Å². The first kappa shape index (κ1) is 16.3. The number of para-hydroxylation sites is 1. The lowest BCUT2D eigenvalue weighted by Crippen LogP contribution is -2.23. The van der Waals surface area contributed by atoms with E-state index >= 15 is 0 Å². The largest absolute Gasteiger partial charge is 0.496 e. The van der Waals surface area contributed by atoms with Crippen LogP contribution in [0.2, 0.25) is 4.34 Å². The summed E-state index contributed by atoms with van der Waals surface area (Å²) in [5.74, 6) is 0.945. The van der Waals surface area contributed by atoms with Gasteiger partial charge in [-0.05, 0) is 49.6 Å². The maximum absolute atomic E-state index is 6.24. The lowest BCUT2D eigenvalue weighted by atomic mass is 10.0. The molecule has 0 aliphatic carbocycles. The van der Waals surface area contributed by atoms with E-state index in [0.717, 1.165) is 35.0 Å². The first-order chi connectivity index (χ1) is 10.2. The highest BCUT2D eigenvalue weighted by Crippen LogP contribution is 2.33. The van der Waals surface area contributed by atoms with Crippen molar-refractivity contribution in [1.82, 2.24) is 5.32 Å². The highest BCUT2D eigenvalue weighted by atomic mass is 35.5. The number of thiophene rings is 1. The van der Waals surface area contributed by atoms with Gasteiger partial charge in [0, 0.05) is 10.9 Å². The molecule has 114 valence electrons. The van der Waals surface area contributed by atoms with Gasteiger partial charge in [-0.25, -0.2) is 0 Å². The van der Waals surface area contributed by atoms with Crippen LogP contribution >= 0.6 is 22.9 Å². The van der Waals surface area contributed by atoms with E-state index in [2.05, 4.69) is 37.4 Å². The van der Waals surface area contributed by atoms with Crippen LogP contribution in [-0.2, 0) is 6.42 Å². The van der Waals surface area contributed by atoms with E-state index in [4.69, 9.17) is 16.3 Å². The third-order valence-electron chi connectivity index (χ3n) is 3.48. The maximum Gasteiger partial charge on any atom is 0.122 e. The van der Waals surface area contributed by atoms with Crippen molar-refractivity contribution in [1.29, 1.82) is 0 Å². The van der Waals surface area contributed by atoms with E-state index < -0.39 is 0 Å². The predicted molar refractivity (Wildman–Crippen MR) is 91.8 cm³/mol. The fraction of sp³-hybridized carbons (Fsp3) is 0.412. The van der Waals surface area contributed by atoms with Crippen molar-refractivity contribution in [3.05, 3.63) is 50.7 Å². The van der Waals surface area contributed by atoms with E-state index in [-0.39, 0.29) is 6.04 Å². The van der Waals surface area contributed by atoms with Crippen LogP contribution in [0.3, 0.4) is 0 Å². The van der Waals surface area contributed by atoms with Crippen molar-refractivity contribution >= 4 is 22.9 Å². The Morgan fingerprint density at radius 3 is 2.71 bits per heavy atom. The second-order valence-electron chi connectivity index (χ2n) is 5.13. The van der Waals surface area contributed by atoms with Gasteiger partial charge in [0.05, 0.1) is 11.4 Å². The van der Waals surface area contributed by atoms with E-state index in [0.29, 0.717) is 0 Å². The molecule has 0 saturated heterocycles. The Hall–Kier alpha value is -1.03. The van der Waals surface area contributed by atoms with Crippen molar-refractivity contribution in [2.45, 2.75) is 32.7 Å². The molecule has 0 fully saturated rings. The molecule has 0 aliphatic rings. The normalized spacial score (nSPS) is 12.4. The molecule has 1 aromatic heterocycles. The zero-order valence-corrected chi connectivity index (χ0v) is 14.4.